The van der Waals surface area contributed by atoms with Gasteiger partial charge in [-0.2, -0.15) is 0 Å². The first-order valence-corrected chi connectivity index (χ1v) is 8.71. The van der Waals surface area contributed by atoms with Crippen LogP contribution in [-0.4, -0.2) is 52.4 Å². The molecule has 0 bridgehead atoms. The van der Waals surface area contributed by atoms with E-state index in [-0.39, 0.29) is 0 Å². The van der Waals surface area contributed by atoms with Crippen LogP contribution in [0.3, 0.4) is 0 Å². The molecule has 0 saturated heterocycles. The molecule has 1 aromatic rings. The molecule has 0 radical (unpaired) electrons. The van der Waals surface area contributed by atoms with Gasteiger partial charge in [0, 0.05) is 6.61 Å². The van der Waals surface area contributed by atoms with Crippen LogP contribution in [0, 0.1) is 0 Å². The van der Waals surface area contributed by atoms with Crippen LogP contribution >= 0.6 is 0 Å². The van der Waals surface area contributed by atoms with Gasteiger partial charge in [0.15, 0.2) is 0 Å². The van der Waals surface area contributed by atoms with Crippen molar-refractivity contribution in [2.24, 2.45) is 0 Å². The van der Waals surface area contributed by atoms with Gasteiger partial charge in [-0.1, -0.05) is 37.3 Å². The highest BCUT2D eigenvalue weighted by Crippen LogP contribution is 2.02. The second-order valence-corrected chi connectivity index (χ2v) is 5.52. The van der Waals surface area contributed by atoms with Crippen molar-refractivity contribution in [1.29, 1.82) is 0 Å². The zero-order valence-corrected chi connectivity index (χ0v) is 14.7. The number of hydrogen-bond acceptors (Lipinski definition) is 4. The van der Waals surface area contributed by atoms with Crippen molar-refractivity contribution < 1.29 is 18.9 Å². The molecule has 0 aliphatic rings. The minimum atomic E-state index is 0.314. The van der Waals surface area contributed by atoms with Crippen molar-refractivity contribution in [2.75, 3.05) is 46.2 Å². The van der Waals surface area contributed by atoms with Gasteiger partial charge in [-0.25, -0.2) is 0 Å². The van der Waals surface area contributed by atoms with Gasteiger partial charge in [0.2, 0.25) is 0 Å². The monoisotopic (exact) mass is 324 g/mol. The van der Waals surface area contributed by atoms with Gasteiger partial charge in [-0.05, 0) is 31.7 Å². The summed E-state index contributed by atoms with van der Waals surface area (Å²) in [5.41, 5.74) is 1.36. The van der Waals surface area contributed by atoms with Crippen molar-refractivity contribution >= 4 is 0 Å². The van der Waals surface area contributed by atoms with Gasteiger partial charge >= 0.3 is 0 Å². The summed E-state index contributed by atoms with van der Waals surface area (Å²) in [7, 11) is 0. The second-order valence-electron chi connectivity index (χ2n) is 5.52. The fourth-order valence-electron chi connectivity index (χ4n) is 1.99. The van der Waals surface area contributed by atoms with Gasteiger partial charge in [0.25, 0.3) is 0 Å². The van der Waals surface area contributed by atoms with E-state index in [9.17, 15) is 0 Å². The third-order valence-electron chi connectivity index (χ3n) is 3.55. The lowest BCUT2D eigenvalue weighted by Gasteiger charge is -2.10. The van der Waals surface area contributed by atoms with E-state index in [1.54, 1.807) is 0 Å². The SMILES string of the molecule is CCC(C)OCCOCCOCCOCCCc1ccccc1. The third kappa shape index (κ3) is 12.2. The summed E-state index contributed by atoms with van der Waals surface area (Å²) in [6.45, 7) is 8.73. The smallest absolute Gasteiger partial charge is 0.0704 e. The summed E-state index contributed by atoms with van der Waals surface area (Å²) in [5.74, 6) is 0. The van der Waals surface area contributed by atoms with E-state index >= 15 is 0 Å². The minimum absolute atomic E-state index is 0.314. The second kappa shape index (κ2) is 14.6. The van der Waals surface area contributed by atoms with E-state index in [2.05, 4.69) is 38.1 Å². The van der Waals surface area contributed by atoms with Gasteiger partial charge in [-0.15, -0.1) is 0 Å². The van der Waals surface area contributed by atoms with Crippen LogP contribution in [0.15, 0.2) is 30.3 Å². The molecule has 0 heterocycles. The number of ether oxygens (including phenoxy) is 4. The Morgan fingerprint density at radius 3 is 1.96 bits per heavy atom. The van der Waals surface area contributed by atoms with Gasteiger partial charge in [0.05, 0.1) is 45.7 Å². The van der Waals surface area contributed by atoms with E-state index < -0.39 is 0 Å². The third-order valence-corrected chi connectivity index (χ3v) is 3.55. The van der Waals surface area contributed by atoms with Crippen molar-refractivity contribution in [1.82, 2.24) is 0 Å². The Balaban J connectivity index is 1.75. The van der Waals surface area contributed by atoms with Crippen molar-refractivity contribution in [3.63, 3.8) is 0 Å². The maximum absolute atomic E-state index is 5.55. The highest BCUT2D eigenvalue weighted by molar-refractivity contribution is 5.14. The van der Waals surface area contributed by atoms with Crippen LogP contribution in [0.1, 0.15) is 32.3 Å². The fourth-order valence-corrected chi connectivity index (χ4v) is 1.99. The Morgan fingerprint density at radius 1 is 0.783 bits per heavy atom. The van der Waals surface area contributed by atoms with Crippen LogP contribution in [0.4, 0.5) is 0 Å². The lowest BCUT2D eigenvalue weighted by molar-refractivity contribution is -0.0155. The molecule has 1 aromatic carbocycles. The molecule has 0 amide bonds. The van der Waals surface area contributed by atoms with E-state index in [1.165, 1.54) is 5.56 Å². The molecule has 1 rings (SSSR count). The summed E-state index contributed by atoms with van der Waals surface area (Å²) < 4.78 is 22.0. The summed E-state index contributed by atoms with van der Waals surface area (Å²) in [4.78, 5) is 0. The fraction of sp³-hybridized carbons (Fsp3) is 0.684. The molecule has 4 nitrogen and oxygen atoms in total. The molecule has 0 aromatic heterocycles. The van der Waals surface area contributed by atoms with Crippen molar-refractivity contribution in [3.8, 4) is 0 Å². The first-order chi connectivity index (χ1) is 11.3. The Bertz CT molecular complexity index is 356. The highest BCUT2D eigenvalue weighted by Gasteiger charge is 1.97. The summed E-state index contributed by atoms with van der Waals surface area (Å²) in [6.07, 6.45) is 3.46. The van der Waals surface area contributed by atoms with Crippen LogP contribution in [0.5, 0.6) is 0 Å². The van der Waals surface area contributed by atoms with E-state index in [0.717, 1.165) is 25.9 Å². The Labute approximate surface area is 141 Å². The predicted molar refractivity (Wildman–Crippen MR) is 92.9 cm³/mol. The van der Waals surface area contributed by atoms with Crippen LogP contribution in [0.2, 0.25) is 0 Å². The molecule has 0 fully saturated rings. The molecule has 0 aliphatic carbocycles. The van der Waals surface area contributed by atoms with Crippen LogP contribution in [-0.2, 0) is 25.4 Å². The normalized spacial score (nSPS) is 12.4. The summed E-state index contributed by atoms with van der Waals surface area (Å²) >= 11 is 0. The Morgan fingerprint density at radius 2 is 1.35 bits per heavy atom. The highest BCUT2D eigenvalue weighted by atomic mass is 16.6. The van der Waals surface area contributed by atoms with Crippen LogP contribution < -0.4 is 0 Å². The predicted octanol–water partition coefficient (Wildman–Crippen LogP) is 3.48. The molecule has 0 saturated carbocycles. The lowest BCUT2D eigenvalue weighted by Crippen LogP contribution is -2.14. The van der Waals surface area contributed by atoms with Gasteiger partial charge in [0.1, 0.15) is 0 Å². The molecule has 132 valence electrons. The van der Waals surface area contributed by atoms with Crippen LogP contribution in [0.25, 0.3) is 0 Å². The topological polar surface area (TPSA) is 36.9 Å². The molecule has 0 spiro atoms. The first-order valence-electron chi connectivity index (χ1n) is 8.71. The number of aryl methyl sites for hydroxylation is 1. The lowest BCUT2D eigenvalue weighted by atomic mass is 10.1. The first kappa shape index (κ1) is 20.1. The maximum atomic E-state index is 5.55. The standard InChI is InChI=1S/C19H32O4/c1-3-18(2)23-17-16-22-15-14-21-13-12-20-11-7-10-19-8-5-4-6-9-19/h4-6,8-9,18H,3,7,10-17H2,1-2H3. The van der Waals surface area contributed by atoms with E-state index in [1.807, 2.05) is 6.07 Å². The average Bonchev–Trinajstić information content (AvgIpc) is 2.59. The molecule has 1 unspecified atom stereocenters. The minimum Gasteiger partial charge on any atom is -0.379 e. The molecule has 23 heavy (non-hydrogen) atoms. The molecule has 1 atom stereocenters. The van der Waals surface area contributed by atoms with E-state index in [4.69, 9.17) is 18.9 Å². The van der Waals surface area contributed by atoms with Gasteiger partial charge < -0.3 is 18.9 Å². The summed E-state index contributed by atoms with van der Waals surface area (Å²) in [5, 5.41) is 0. The number of rotatable bonds is 15. The Kier molecular flexibility index (Phi) is 12.8. The molecular formula is C19H32O4. The maximum Gasteiger partial charge on any atom is 0.0704 e. The zero-order valence-electron chi connectivity index (χ0n) is 14.7. The average molecular weight is 324 g/mol. The van der Waals surface area contributed by atoms with E-state index in [0.29, 0.717) is 45.7 Å². The molecular weight excluding hydrogens is 292 g/mol. The van der Waals surface area contributed by atoms with Crippen molar-refractivity contribution in [2.45, 2.75) is 39.2 Å². The largest absolute Gasteiger partial charge is 0.379 e. The summed E-state index contributed by atoms with van der Waals surface area (Å²) in [6, 6.07) is 10.5. The number of benzene rings is 1. The molecule has 4 heteroatoms. The van der Waals surface area contributed by atoms with Crippen molar-refractivity contribution in [3.05, 3.63) is 35.9 Å². The molecule has 0 aliphatic heterocycles. The number of hydrogen-bond donors (Lipinski definition) is 0. The molecule has 0 N–H and O–H groups in total. The Hall–Kier alpha value is -0.940. The quantitative estimate of drug-likeness (QED) is 0.463. The van der Waals surface area contributed by atoms with Gasteiger partial charge in [-0.3, -0.25) is 0 Å². The zero-order chi connectivity index (χ0) is 16.6.